The molecule has 1 atom stereocenters. The van der Waals surface area contributed by atoms with Gasteiger partial charge in [-0.25, -0.2) is 17.7 Å². The SMILES string of the molecule is CS(=O)(=O)N1CCC(c2cncc3cnc4[nH]ccc4c23)C1. The van der Waals surface area contributed by atoms with Crippen molar-refractivity contribution in [3.05, 3.63) is 36.4 Å². The van der Waals surface area contributed by atoms with Crippen molar-refractivity contribution in [1.82, 2.24) is 19.3 Å². The van der Waals surface area contributed by atoms with E-state index in [9.17, 15) is 8.42 Å². The Morgan fingerprint density at radius 3 is 2.95 bits per heavy atom. The van der Waals surface area contributed by atoms with Crippen LogP contribution in [0.25, 0.3) is 21.8 Å². The quantitative estimate of drug-likeness (QED) is 0.782. The van der Waals surface area contributed by atoms with Crippen molar-refractivity contribution in [1.29, 1.82) is 0 Å². The lowest BCUT2D eigenvalue weighted by Crippen LogP contribution is -2.27. The molecule has 0 aromatic carbocycles. The van der Waals surface area contributed by atoms with Crippen molar-refractivity contribution >= 4 is 31.8 Å². The van der Waals surface area contributed by atoms with Gasteiger partial charge in [-0.2, -0.15) is 0 Å². The largest absolute Gasteiger partial charge is 0.346 e. The Hall–Kier alpha value is -1.99. The number of sulfonamides is 1. The molecule has 4 rings (SSSR count). The number of hydrogen-bond acceptors (Lipinski definition) is 4. The minimum Gasteiger partial charge on any atom is -0.346 e. The first-order valence-corrected chi connectivity index (χ1v) is 9.04. The molecule has 0 bridgehead atoms. The molecule has 7 heteroatoms. The van der Waals surface area contributed by atoms with Crippen LogP contribution in [0.5, 0.6) is 0 Å². The molecule has 1 saturated heterocycles. The van der Waals surface area contributed by atoms with Crippen LogP contribution in [0.3, 0.4) is 0 Å². The number of pyridine rings is 2. The first kappa shape index (κ1) is 13.7. The van der Waals surface area contributed by atoms with Crippen LogP contribution in [0.15, 0.2) is 30.9 Å². The molecule has 0 amide bonds. The van der Waals surface area contributed by atoms with Crippen molar-refractivity contribution in [3.8, 4) is 0 Å². The monoisotopic (exact) mass is 316 g/mol. The van der Waals surface area contributed by atoms with Crippen LogP contribution in [0, 0.1) is 0 Å². The second-order valence-electron chi connectivity index (χ2n) is 5.80. The molecule has 114 valence electrons. The van der Waals surface area contributed by atoms with Crippen molar-refractivity contribution in [2.75, 3.05) is 19.3 Å². The molecule has 22 heavy (non-hydrogen) atoms. The van der Waals surface area contributed by atoms with E-state index in [1.54, 1.807) is 4.31 Å². The summed E-state index contributed by atoms with van der Waals surface area (Å²) in [5.41, 5.74) is 1.95. The first-order chi connectivity index (χ1) is 10.5. The molecule has 0 spiro atoms. The Kier molecular flexibility index (Phi) is 2.95. The van der Waals surface area contributed by atoms with Gasteiger partial charge >= 0.3 is 0 Å². The molecule has 6 nitrogen and oxygen atoms in total. The third-order valence-corrected chi connectivity index (χ3v) is 5.66. The van der Waals surface area contributed by atoms with Gasteiger partial charge in [0.1, 0.15) is 5.65 Å². The molecular formula is C15H16N4O2S. The second kappa shape index (κ2) is 4.76. The lowest BCUT2D eigenvalue weighted by Gasteiger charge is -2.15. The molecule has 3 aromatic rings. The van der Waals surface area contributed by atoms with E-state index < -0.39 is 10.0 Å². The highest BCUT2D eigenvalue weighted by Crippen LogP contribution is 2.35. The molecule has 1 N–H and O–H groups in total. The van der Waals surface area contributed by atoms with Crippen molar-refractivity contribution in [2.24, 2.45) is 0 Å². The van der Waals surface area contributed by atoms with Crippen LogP contribution in [0.1, 0.15) is 17.9 Å². The average Bonchev–Trinajstić information content (AvgIpc) is 3.15. The maximum atomic E-state index is 11.7. The summed E-state index contributed by atoms with van der Waals surface area (Å²) in [4.78, 5) is 11.8. The van der Waals surface area contributed by atoms with Gasteiger partial charge in [0.15, 0.2) is 0 Å². The van der Waals surface area contributed by atoms with E-state index in [0.29, 0.717) is 13.1 Å². The van der Waals surface area contributed by atoms with Crippen LogP contribution in [-0.4, -0.2) is 47.0 Å². The Labute approximate surface area is 128 Å². The third kappa shape index (κ3) is 2.08. The molecule has 1 aliphatic rings. The number of fused-ring (bicyclic) bond motifs is 3. The highest BCUT2D eigenvalue weighted by atomic mass is 32.2. The van der Waals surface area contributed by atoms with Gasteiger partial charge in [-0.15, -0.1) is 0 Å². The smallest absolute Gasteiger partial charge is 0.211 e. The Bertz CT molecular complexity index is 964. The van der Waals surface area contributed by atoms with Crippen LogP contribution in [0.4, 0.5) is 0 Å². The predicted octanol–water partition coefficient (Wildman–Crippen LogP) is 1.86. The maximum absolute atomic E-state index is 11.7. The van der Waals surface area contributed by atoms with Gasteiger partial charge in [-0.3, -0.25) is 4.98 Å². The molecule has 1 aliphatic heterocycles. The topological polar surface area (TPSA) is 79.0 Å². The molecule has 4 heterocycles. The third-order valence-electron chi connectivity index (χ3n) is 4.39. The summed E-state index contributed by atoms with van der Waals surface area (Å²) in [6.07, 6.45) is 9.45. The number of aromatic nitrogens is 3. The fraction of sp³-hybridized carbons (Fsp3) is 0.333. The van der Waals surface area contributed by atoms with Crippen molar-refractivity contribution < 1.29 is 8.42 Å². The lowest BCUT2D eigenvalue weighted by molar-refractivity contribution is 0.478. The van der Waals surface area contributed by atoms with E-state index in [-0.39, 0.29) is 5.92 Å². The maximum Gasteiger partial charge on any atom is 0.211 e. The van der Waals surface area contributed by atoms with E-state index >= 15 is 0 Å². The van der Waals surface area contributed by atoms with Gasteiger partial charge in [0.2, 0.25) is 10.0 Å². The average molecular weight is 316 g/mol. The van der Waals surface area contributed by atoms with Crippen LogP contribution in [-0.2, 0) is 10.0 Å². The molecule has 1 unspecified atom stereocenters. The van der Waals surface area contributed by atoms with Gasteiger partial charge in [-0.05, 0) is 18.1 Å². The fourth-order valence-electron chi connectivity index (χ4n) is 3.30. The van der Waals surface area contributed by atoms with Gasteiger partial charge in [0.05, 0.1) is 6.26 Å². The van der Waals surface area contributed by atoms with Gasteiger partial charge < -0.3 is 4.98 Å². The molecule has 1 fully saturated rings. The standard InChI is InChI=1S/C15H16N4O2S/c1-22(20,21)19-5-3-10(9-19)13-8-16-6-11-7-18-15-12(14(11)13)2-4-17-15/h2,4,6-8,10H,3,5,9H2,1H3,(H,17,18). The highest BCUT2D eigenvalue weighted by Gasteiger charge is 2.30. The number of aromatic amines is 1. The molecule has 0 radical (unpaired) electrons. The number of H-pyrrole nitrogens is 1. The van der Waals surface area contributed by atoms with Gasteiger partial charge in [-0.1, -0.05) is 0 Å². The second-order valence-corrected chi connectivity index (χ2v) is 7.78. The van der Waals surface area contributed by atoms with E-state index in [4.69, 9.17) is 0 Å². The summed E-state index contributed by atoms with van der Waals surface area (Å²) in [7, 11) is -3.13. The number of nitrogens with zero attached hydrogens (tertiary/aromatic N) is 3. The zero-order chi connectivity index (χ0) is 15.3. The Balaban J connectivity index is 1.87. The van der Waals surface area contributed by atoms with E-state index in [1.807, 2.05) is 30.9 Å². The predicted molar refractivity (Wildman–Crippen MR) is 85.2 cm³/mol. The number of rotatable bonds is 2. The number of nitrogens with one attached hydrogen (secondary N) is 1. The van der Waals surface area contributed by atoms with Crippen LogP contribution in [0.2, 0.25) is 0 Å². The summed E-state index contributed by atoms with van der Waals surface area (Å²) >= 11 is 0. The normalized spacial score (nSPS) is 20.1. The van der Waals surface area contributed by atoms with Crippen LogP contribution < -0.4 is 0 Å². The summed E-state index contributed by atoms with van der Waals surface area (Å²) in [6, 6.07) is 2.01. The summed E-state index contributed by atoms with van der Waals surface area (Å²) < 4.78 is 25.0. The van der Waals surface area contributed by atoms with Crippen LogP contribution >= 0.6 is 0 Å². The van der Waals surface area contributed by atoms with E-state index in [0.717, 1.165) is 33.8 Å². The summed E-state index contributed by atoms with van der Waals surface area (Å²) in [5, 5.41) is 3.18. The lowest BCUT2D eigenvalue weighted by atomic mass is 9.94. The minimum atomic E-state index is -3.13. The zero-order valence-corrected chi connectivity index (χ0v) is 13.0. The fourth-order valence-corrected chi connectivity index (χ4v) is 4.19. The minimum absolute atomic E-state index is 0.173. The highest BCUT2D eigenvalue weighted by molar-refractivity contribution is 7.88. The van der Waals surface area contributed by atoms with E-state index in [1.165, 1.54) is 6.26 Å². The number of hydrogen-bond donors (Lipinski definition) is 1. The van der Waals surface area contributed by atoms with Crippen molar-refractivity contribution in [2.45, 2.75) is 12.3 Å². The Morgan fingerprint density at radius 1 is 1.32 bits per heavy atom. The van der Waals surface area contributed by atoms with E-state index in [2.05, 4.69) is 15.0 Å². The van der Waals surface area contributed by atoms with Crippen molar-refractivity contribution in [3.63, 3.8) is 0 Å². The molecule has 3 aromatic heterocycles. The van der Waals surface area contributed by atoms with Gasteiger partial charge in [0.25, 0.3) is 0 Å². The molecule has 0 saturated carbocycles. The molecular weight excluding hydrogens is 300 g/mol. The van der Waals surface area contributed by atoms with Gasteiger partial charge in [0, 0.05) is 60.0 Å². The zero-order valence-electron chi connectivity index (χ0n) is 12.2. The Morgan fingerprint density at radius 2 is 2.18 bits per heavy atom. The first-order valence-electron chi connectivity index (χ1n) is 7.19. The summed E-state index contributed by atoms with van der Waals surface area (Å²) in [5.74, 6) is 0.173. The molecule has 0 aliphatic carbocycles. The summed E-state index contributed by atoms with van der Waals surface area (Å²) in [6.45, 7) is 1.09.